The van der Waals surface area contributed by atoms with E-state index < -0.39 is 147 Å². The number of amides is 3. The molecule has 0 radical (unpaired) electrons. The van der Waals surface area contributed by atoms with Crippen LogP contribution < -0.4 is 10.6 Å². The normalized spacial score (nSPS) is 34.7. The lowest BCUT2D eigenvalue weighted by atomic mass is 9.80. The molecule has 1 saturated carbocycles. The molecule has 9 rings (SSSR count). The zero-order valence-electron chi connectivity index (χ0n) is 45.5. The summed E-state index contributed by atoms with van der Waals surface area (Å²) in [4.78, 5) is 43.2. The highest BCUT2D eigenvalue weighted by Crippen LogP contribution is 2.41. The van der Waals surface area contributed by atoms with Gasteiger partial charge in [0.1, 0.15) is 90.6 Å². The summed E-state index contributed by atoms with van der Waals surface area (Å²) >= 11 is 0. The number of rotatable bonds is 21. The van der Waals surface area contributed by atoms with Crippen molar-refractivity contribution in [1.29, 1.82) is 0 Å². The van der Waals surface area contributed by atoms with E-state index in [1.807, 2.05) is 68.4 Å². The summed E-state index contributed by atoms with van der Waals surface area (Å²) in [6, 6.07) is 13.1. The second-order valence-electron chi connectivity index (χ2n) is 21.5. The van der Waals surface area contributed by atoms with E-state index in [1.54, 1.807) is 17.3 Å². The number of hydrogen-bond donors (Lipinski definition) is 10. The van der Waals surface area contributed by atoms with Crippen molar-refractivity contribution in [3.63, 3.8) is 0 Å². The van der Waals surface area contributed by atoms with Crippen LogP contribution in [0.25, 0.3) is 22.5 Å². The largest absolute Gasteiger partial charge is 0.394 e. The van der Waals surface area contributed by atoms with Crippen LogP contribution in [0.3, 0.4) is 0 Å². The van der Waals surface area contributed by atoms with E-state index in [0.29, 0.717) is 36.5 Å². The minimum atomic E-state index is -1.80. The molecule has 4 aromatic rings. The van der Waals surface area contributed by atoms with Crippen LogP contribution in [-0.4, -0.2) is 237 Å². The third kappa shape index (κ3) is 13.5. The van der Waals surface area contributed by atoms with Gasteiger partial charge in [-0.25, -0.2) is 9.36 Å². The van der Waals surface area contributed by atoms with Gasteiger partial charge in [-0.1, -0.05) is 77.9 Å². The first-order chi connectivity index (χ1) is 39.0. The van der Waals surface area contributed by atoms with Crippen LogP contribution in [0.4, 0.5) is 0 Å². The first kappa shape index (κ1) is 60.1. The van der Waals surface area contributed by atoms with Gasteiger partial charge < -0.3 is 89.5 Å². The van der Waals surface area contributed by atoms with Gasteiger partial charge in [0.25, 0.3) is 5.91 Å². The van der Waals surface area contributed by atoms with Gasteiger partial charge in [-0.3, -0.25) is 14.4 Å². The summed E-state index contributed by atoms with van der Waals surface area (Å²) in [5.74, 6) is -2.41. The molecule has 27 heteroatoms. The Labute approximate surface area is 467 Å². The number of aliphatic hydroxyl groups excluding tert-OH is 8. The number of benzene rings is 2. The van der Waals surface area contributed by atoms with Crippen molar-refractivity contribution in [2.24, 2.45) is 5.92 Å². The second kappa shape index (κ2) is 26.8. The van der Waals surface area contributed by atoms with E-state index in [0.717, 1.165) is 17.5 Å². The van der Waals surface area contributed by atoms with E-state index in [9.17, 15) is 55.2 Å². The molecule has 4 aliphatic heterocycles. The predicted octanol–water partition coefficient (Wildman–Crippen LogP) is -1.76. The summed E-state index contributed by atoms with van der Waals surface area (Å²) in [6.07, 6.45) is -18.3. The maximum absolute atomic E-state index is 14.7. The Hall–Kier alpha value is -5.47. The molecule has 10 N–H and O–H groups in total. The Kier molecular flexibility index (Phi) is 19.9. The van der Waals surface area contributed by atoms with E-state index in [1.165, 1.54) is 23.2 Å². The zero-order valence-corrected chi connectivity index (χ0v) is 45.5. The molecule has 5 fully saturated rings. The third-order valence-electron chi connectivity index (χ3n) is 15.7. The number of nitrogens with one attached hydrogen (secondary N) is 2. The molecule has 0 bridgehead atoms. The van der Waals surface area contributed by atoms with Crippen molar-refractivity contribution in [3.8, 4) is 22.5 Å². The van der Waals surface area contributed by atoms with Gasteiger partial charge in [0.2, 0.25) is 11.8 Å². The molecule has 444 valence electrons. The fourth-order valence-electron chi connectivity index (χ4n) is 11.1. The van der Waals surface area contributed by atoms with E-state index >= 15 is 0 Å². The van der Waals surface area contributed by atoms with Crippen LogP contribution >= 0.6 is 0 Å². The SMILES string of the molecule is CCC[C@H](OC1C(NC(C)=O)[C@H](O[C@@H]2CC(C(=O)NCCO[C@H]3OC(CO)[C@@H](O)C(n4cc(-c5cccc(C)c5)nn4)C3O)CC(n3cc(-c4ccccc4)nn3)[C@H]2O[C@@H]2OC(C)[C@@H](O)[C@H](O)C2O)O[C@@H](CO)[C@@H]1O)C(=O)N1CCC1. The molecule has 1 aliphatic carbocycles. The van der Waals surface area contributed by atoms with Crippen molar-refractivity contribution >= 4 is 17.7 Å². The third-order valence-corrected chi connectivity index (χ3v) is 15.7. The molecule has 81 heavy (non-hydrogen) atoms. The van der Waals surface area contributed by atoms with Crippen molar-refractivity contribution < 1.29 is 88.4 Å². The summed E-state index contributed by atoms with van der Waals surface area (Å²) in [5.41, 5.74) is 3.36. The van der Waals surface area contributed by atoms with Gasteiger partial charge >= 0.3 is 0 Å². The number of hydrogen-bond acceptors (Lipinski definition) is 22. The summed E-state index contributed by atoms with van der Waals surface area (Å²) in [6.45, 7) is 5.76. The Bertz CT molecular complexity index is 2700. The van der Waals surface area contributed by atoms with Gasteiger partial charge in [-0.05, 0) is 45.6 Å². The van der Waals surface area contributed by atoms with Crippen LogP contribution in [0, 0.1) is 12.8 Å². The number of nitrogens with zero attached hydrogens (tertiary/aromatic N) is 7. The molecule has 4 saturated heterocycles. The first-order valence-corrected chi connectivity index (χ1v) is 27.6. The Balaban J connectivity index is 0.997. The Morgan fingerprint density at radius 1 is 0.753 bits per heavy atom. The Morgan fingerprint density at radius 2 is 1.43 bits per heavy atom. The predicted molar refractivity (Wildman–Crippen MR) is 279 cm³/mol. The number of aryl methyl sites for hydroxylation is 1. The van der Waals surface area contributed by atoms with Crippen LogP contribution in [0.2, 0.25) is 0 Å². The lowest BCUT2D eigenvalue weighted by Crippen LogP contribution is -2.67. The fourth-order valence-corrected chi connectivity index (χ4v) is 11.1. The second-order valence-corrected chi connectivity index (χ2v) is 21.5. The first-order valence-electron chi connectivity index (χ1n) is 27.6. The minimum absolute atomic E-state index is 0.0370. The number of likely N-dealkylation sites (tertiary alicyclic amines) is 1. The van der Waals surface area contributed by atoms with Crippen molar-refractivity contribution in [1.82, 2.24) is 45.5 Å². The minimum Gasteiger partial charge on any atom is -0.394 e. The maximum Gasteiger partial charge on any atom is 0.251 e. The van der Waals surface area contributed by atoms with Crippen molar-refractivity contribution in [2.45, 2.75) is 176 Å². The maximum atomic E-state index is 14.7. The molecule has 2 aromatic heterocycles. The molecular formula is C54H75N9O18. The van der Waals surface area contributed by atoms with Crippen molar-refractivity contribution in [3.05, 3.63) is 72.6 Å². The highest BCUT2D eigenvalue weighted by Gasteiger charge is 2.54. The van der Waals surface area contributed by atoms with Gasteiger partial charge in [-0.15, -0.1) is 10.2 Å². The highest BCUT2D eigenvalue weighted by molar-refractivity contribution is 5.81. The van der Waals surface area contributed by atoms with Crippen LogP contribution in [-0.2, 0) is 47.5 Å². The molecule has 5 aliphatic rings. The lowest BCUT2D eigenvalue weighted by Gasteiger charge is -2.49. The highest BCUT2D eigenvalue weighted by atomic mass is 16.7. The molecule has 2 aromatic carbocycles. The summed E-state index contributed by atoms with van der Waals surface area (Å²) in [5, 5.41) is 112. The summed E-state index contributed by atoms with van der Waals surface area (Å²) in [7, 11) is 0. The number of aliphatic hydroxyl groups is 8. The molecule has 6 heterocycles. The monoisotopic (exact) mass is 1140 g/mol. The molecule has 3 amide bonds. The van der Waals surface area contributed by atoms with Gasteiger partial charge in [0, 0.05) is 43.6 Å². The molecular weight excluding hydrogens is 1060 g/mol. The molecule has 20 atom stereocenters. The van der Waals surface area contributed by atoms with Crippen LogP contribution in [0.1, 0.15) is 70.5 Å². The number of aromatic nitrogens is 6. The number of carbonyl (C=O) groups is 3. The topological polar surface area (TPSA) is 366 Å². The van der Waals surface area contributed by atoms with Crippen LogP contribution in [0.5, 0.6) is 0 Å². The zero-order chi connectivity index (χ0) is 57.6. The number of ether oxygens (including phenoxy) is 7. The average molecular weight is 1140 g/mol. The fraction of sp³-hybridized carbons (Fsp3) is 0.648. The number of carbonyl (C=O) groups excluding carboxylic acids is 3. The van der Waals surface area contributed by atoms with E-state index in [4.69, 9.17) is 33.2 Å². The van der Waals surface area contributed by atoms with Crippen molar-refractivity contribution in [2.75, 3.05) is 39.5 Å². The lowest BCUT2D eigenvalue weighted by molar-refractivity contribution is -0.337. The standard InChI is InChI=1S/C54H75N9O18/c1-5-11-36(51(74)61-17-10-18-61)77-49-40(56-29(4)66)52(79-39(26-65)44(49)69)78-37-22-32(21-35(62-23-33(57-59-62)30-13-7-6-8-14-30)48(37)81-54-47(72)46(71)42(67)28(3)76-54)50(73)55-16-19-75-53-45(70)41(43(68)38(25-64)80-53)63-24-34(58-60-63)31-15-9-12-27(2)20-31/h6-9,12-15,20,23-24,28,32,35-49,52-54,64-65,67-72H,5,10-11,16-19,21-22,25-26H2,1-4H3,(H,55,73)(H,56,66)/t28?,32?,35?,36-,37+,38?,39-,40?,41?,42+,43+,44-,45?,46-,47?,48+,49?,52+,53-,54-/m0/s1. The quantitative estimate of drug-likeness (QED) is 0.0413. The molecule has 0 spiro atoms. The van der Waals surface area contributed by atoms with Crippen LogP contribution in [0.15, 0.2) is 67.0 Å². The van der Waals surface area contributed by atoms with Gasteiger partial charge in [0.05, 0.1) is 50.5 Å². The smallest absolute Gasteiger partial charge is 0.251 e. The summed E-state index contributed by atoms with van der Waals surface area (Å²) < 4.78 is 46.8. The van der Waals surface area contributed by atoms with E-state index in [2.05, 4.69) is 31.3 Å². The Morgan fingerprint density at radius 3 is 2.11 bits per heavy atom. The molecule has 27 nitrogen and oxygen atoms in total. The average Bonchev–Trinajstić information content (AvgIpc) is 4.28. The van der Waals surface area contributed by atoms with Gasteiger partial charge in [-0.2, -0.15) is 0 Å². The van der Waals surface area contributed by atoms with E-state index in [-0.39, 0.29) is 38.3 Å². The van der Waals surface area contributed by atoms with Gasteiger partial charge in [0.15, 0.2) is 18.9 Å². The molecule has 9 unspecified atom stereocenters.